The lowest BCUT2D eigenvalue weighted by molar-refractivity contribution is 0.0947. The van der Waals surface area contributed by atoms with Crippen LogP contribution in [-0.2, 0) is 6.54 Å². The summed E-state index contributed by atoms with van der Waals surface area (Å²) in [7, 11) is 1.79. The number of carbonyl (C=O) groups is 1. The first-order valence-electron chi connectivity index (χ1n) is 5.55. The monoisotopic (exact) mass is 246 g/mol. The van der Waals surface area contributed by atoms with Gasteiger partial charge in [0, 0.05) is 31.7 Å². The molecule has 0 unspecified atom stereocenters. The van der Waals surface area contributed by atoms with Crippen LogP contribution in [0.25, 0.3) is 0 Å². The van der Waals surface area contributed by atoms with Crippen molar-refractivity contribution in [2.45, 2.75) is 6.54 Å². The Balaban J connectivity index is 1.87. The third-order valence-electron chi connectivity index (χ3n) is 2.38. The van der Waals surface area contributed by atoms with E-state index in [0.717, 1.165) is 5.69 Å². The van der Waals surface area contributed by atoms with Gasteiger partial charge in [0.15, 0.2) is 0 Å². The van der Waals surface area contributed by atoms with Crippen LogP contribution in [0.15, 0.2) is 30.7 Å². The number of aromatic nitrogens is 4. The zero-order chi connectivity index (χ0) is 12.8. The molecule has 0 spiro atoms. The number of nitrogens with zero attached hydrogens (tertiary/aromatic N) is 4. The Labute approximate surface area is 104 Å². The summed E-state index contributed by atoms with van der Waals surface area (Å²) in [4.78, 5) is 15.8. The molecule has 7 heteroatoms. The molecule has 1 amide bonds. The first-order valence-corrected chi connectivity index (χ1v) is 5.55. The molecule has 2 aromatic rings. The minimum Gasteiger partial charge on any atom is -0.388 e. The molecule has 0 fully saturated rings. The van der Waals surface area contributed by atoms with Crippen molar-refractivity contribution < 1.29 is 4.79 Å². The van der Waals surface area contributed by atoms with E-state index in [-0.39, 0.29) is 5.91 Å². The smallest absolute Gasteiger partial charge is 0.270 e. The van der Waals surface area contributed by atoms with Crippen molar-refractivity contribution in [3.8, 4) is 0 Å². The average Bonchev–Trinajstić information content (AvgIpc) is 2.92. The van der Waals surface area contributed by atoms with Crippen molar-refractivity contribution in [2.75, 3.05) is 18.9 Å². The number of rotatable bonds is 5. The molecule has 0 aliphatic heterocycles. The molecular formula is C11H14N6O. The summed E-state index contributed by atoms with van der Waals surface area (Å²) in [5.41, 5.74) is 1.24. The Morgan fingerprint density at radius 2 is 2.33 bits per heavy atom. The van der Waals surface area contributed by atoms with E-state index in [1.54, 1.807) is 42.5 Å². The van der Waals surface area contributed by atoms with E-state index in [2.05, 4.69) is 25.9 Å². The number of pyridine rings is 1. The largest absolute Gasteiger partial charge is 0.388 e. The van der Waals surface area contributed by atoms with Crippen molar-refractivity contribution >= 4 is 11.6 Å². The van der Waals surface area contributed by atoms with E-state index in [9.17, 15) is 4.79 Å². The van der Waals surface area contributed by atoms with Crippen molar-refractivity contribution in [2.24, 2.45) is 0 Å². The Bertz CT molecular complexity index is 510. The Hall–Kier alpha value is -2.44. The van der Waals surface area contributed by atoms with Crippen molar-refractivity contribution in [3.05, 3.63) is 36.4 Å². The van der Waals surface area contributed by atoms with Gasteiger partial charge in [0.05, 0.1) is 12.7 Å². The number of amides is 1. The molecule has 2 N–H and O–H groups in total. The molecule has 7 nitrogen and oxygen atoms in total. The van der Waals surface area contributed by atoms with Crippen LogP contribution in [0.4, 0.5) is 5.69 Å². The lowest BCUT2D eigenvalue weighted by Crippen LogP contribution is -2.28. The maximum absolute atomic E-state index is 11.8. The molecule has 0 saturated heterocycles. The SMILES string of the molecule is CNc1ccnc(C(=O)NCCn2ccnn2)c1. The van der Waals surface area contributed by atoms with Gasteiger partial charge in [0.1, 0.15) is 5.69 Å². The molecule has 0 aromatic carbocycles. The fraction of sp³-hybridized carbons (Fsp3) is 0.273. The predicted octanol–water partition coefficient (Wildman–Crippen LogP) is 0.145. The number of hydrogen-bond donors (Lipinski definition) is 2. The quantitative estimate of drug-likeness (QED) is 0.784. The topological polar surface area (TPSA) is 84.7 Å². The van der Waals surface area contributed by atoms with Gasteiger partial charge in [-0.2, -0.15) is 0 Å². The van der Waals surface area contributed by atoms with Crippen molar-refractivity contribution in [3.63, 3.8) is 0 Å². The molecule has 18 heavy (non-hydrogen) atoms. The third-order valence-corrected chi connectivity index (χ3v) is 2.38. The summed E-state index contributed by atoms with van der Waals surface area (Å²) in [6.07, 6.45) is 4.93. The molecule has 0 radical (unpaired) electrons. The number of anilines is 1. The van der Waals surface area contributed by atoms with E-state index < -0.39 is 0 Å². The van der Waals surface area contributed by atoms with Crippen molar-refractivity contribution in [1.29, 1.82) is 0 Å². The Morgan fingerprint density at radius 1 is 1.44 bits per heavy atom. The summed E-state index contributed by atoms with van der Waals surface area (Å²) < 4.78 is 1.65. The van der Waals surface area contributed by atoms with Crippen LogP contribution >= 0.6 is 0 Å². The van der Waals surface area contributed by atoms with Crippen LogP contribution in [0, 0.1) is 0 Å². The number of nitrogens with one attached hydrogen (secondary N) is 2. The van der Waals surface area contributed by atoms with Gasteiger partial charge in [-0.05, 0) is 12.1 Å². The highest BCUT2D eigenvalue weighted by Crippen LogP contribution is 2.06. The fourth-order valence-electron chi connectivity index (χ4n) is 1.44. The second-order valence-corrected chi connectivity index (χ2v) is 3.60. The highest BCUT2D eigenvalue weighted by molar-refractivity contribution is 5.93. The predicted molar refractivity (Wildman–Crippen MR) is 66.1 cm³/mol. The van der Waals surface area contributed by atoms with Crippen LogP contribution < -0.4 is 10.6 Å². The van der Waals surface area contributed by atoms with Gasteiger partial charge in [0.2, 0.25) is 0 Å². The molecule has 0 saturated carbocycles. The minimum atomic E-state index is -0.202. The fourth-order valence-corrected chi connectivity index (χ4v) is 1.44. The van der Waals surface area contributed by atoms with Gasteiger partial charge in [0.25, 0.3) is 5.91 Å². The van der Waals surface area contributed by atoms with Gasteiger partial charge in [-0.15, -0.1) is 5.10 Å². The standard InChI is InChI=1S/C11H14N6O/c1-12-9-2-3-13-10(8-9)11(18)14-4-6-17-7-5-15-16-17/h2-3,5,7-8H,4,6H2,1H3,(H,12,13)(H,14,18). The lowest BCUT2D eigenvalue weighted by atomic mass is 10.3. The van der Waals surface area contributed by atoms with Crippen LogP contribution in [0.3, 0.4) is 0 Å². The maximum Gasteiger partial charge on any atom is 0.270 e. The summed E-state index contributed by atoms with van der Waals surface area (Å²) in [5.74, 6) is -0.202. The van der Waals surface area contributed by atoms with Crippen LogP contribution in [-0.4, -0.2) is 39.5 Å². The molecule has 0 aliphatic carbocycles. The van der Waals surface area contributed by atoms with Gasteiger partial charge < -0.3 is 10.6 Å². The third kappa shape index (κ3) is 3.03. The lowest BCUT2D eigenvalue weighted by Gasteiger charge is -2.05. The molecule has 0 bridgehead atoms. The van der Waals surface area contributed by atoms with Crippen LogP contribution in [0.2, 0.25) is 0 Å². The maximum atomic E-state index is 11.8. The summed E-state index contributed by atoms with van der Waals surface area (Å²) in [6.45, 7) is 1.06. The van der Waals surface area contributed by atoms with E-state index in [4.69, 9.17) is 0 Å². The molecule has 2 rings (SSSR count). The van der Waals surface area contributed by atoms with Gasteiger partial charge in [-0.3, -0.25) is 14.5 Å². The zero-order valence-electron chi connectivity index (χ0n) is 10.00. The molecule has 2 heterocycles. The highest BCUT2D eigenvalue weighted by atomic mass is 16.1. The first-order chi connectivity index (χ1) is 8.79. The molecule has 0 atom stereocenters. The number of hydrogen-bond acceptors (Lipinski definition) is 5. The molecule has 94 valence electrons. The Kier molecular flexibility index (Phi) is 3.85. The van der Waals surface area contributed by atoms with E-state index in [1.807, 2.05) is 0 Å². The second kappa shape index (κ2) is 5.76. The van der Waals surface area contributed by atoms with Crippen LogP contribution in [0.1, 0.15) is 10.5 Å². The summed E-state index contributed by atoms with van der Waals surface area (Å²) in [5, 5.41) is 13.2. The van der Waals surface area contributed by atoms with Gasteiger partial charge in [-0.1, -0.05) is 5.21 Å². The van der Waals surface area contributed by atoms with E-state index >= 15 is 0 Å². The first kappa shape index (κ1) is 12.0. The van der Waals surface area contributed by atoms with E-state index in [1.165, 1.54) is 0 Å². The normalized spacial score (nSPS) is 10.1. The molecule has 2 aromatic heterocycles. The van der Waals surface area contributed by atoms with Gasteiger partial charge in [-0.25, -0.2) is 0 Å². The Morgan fingerprint density at radius 3 is 3.06 bits per heavy atom. The van der Waals surface area contributed by atoms with Crippen molar-refractivity contribution in [1.82, 2.24) is 25.3 Å². The van der Waals surface area contributed by atoms with Crippen LogP contribution in [0.5, 0.6) is 0 Å². The molecule has 0 aliphatic rings. The molecular weight excluding hydrogens is 232 g/mol. The number of carbonyl (C=O) groups excluding carboxylic acids is 1. The highest BCUT2D eigenvalue weighted by Gasteiger charge is 2.06. The zero-order valence-corrected chi connectivity index (χ0v) is 10.00. The minimum absolute atomic E-state index is 0.202. The van der Waals surface area contributed by atoms with Gasteiger partial charge >= 0.3 is 0 Å². The second-order valence-electron chi connectivity index (χ2n) is 3.60. The van der Waals surface area contributed by atoms with E-state index in [0.29, 0.717) is 18.8 Å². The summed E-state index contributed by atoms with van der Waals surface area (Å²) in [6, 6.07) is 3.50. The average molecular weight is 246 g/mol. The summed E-state index contributed by atoms with van der Waals surface area (Å²) >= 11 is 0.